The molecule has 0 radical (unpaired) electrons. The van der Waals surface area contributed by atoms with Gasteiger partial charge in [0.2, 0.25) is 0 Å². The molecule has 0 unspecified atom stereocenters. The van der Waals surface area contributed by atoms with Crippen LogP contribution < -0.4 is 5.32 Å². The van der Waals surface area contributed by atoms with Gasteiger partial charge in [-0.3, -0.25) is 0 Å². The zero-order chi connectivity index (χ0) is 9.80. The normalized spacial score (nSPS) is 17.5. The number of aromatic nitrogens is 1. The van der Waals surface area contributed by atoms with Gasteiger partial charge in [-0.15, -0.1) is 11.3 Å². The first kappa shape index (κ1) is 9.93. The third-order valence-electron chi connectivity index (χ3n) is 2.52. The molecule has 1 aromatic rings. The van der Waals surface area contributed by atoms with E-state index >= 15 is 0 Å². The van der Waals surface area contributed by atoms with Gasteiger partial charge < -0.3 is 10.2 Å². The van der Waals surface area contributed by atoms with Crippen molar-refractivity contribution in [2.24, 2.45) is 0 Å². The van der Waals surface area contributed by atoms with Crippen molar-refractivity contribution in [2.75, 3.05) is 31.5 Å². The second-order valence-corrected chi connectivity index (χ2v) is 4.99. The first-order valence-corrected chi connectivity index (χ1v) is 6.05. The Morgan fingerprint density at radius 1 is 1.50 bits per heavy atom. The fraction of sp³-hybridized carbons (Fsp3) is 0.700. The number of aryl methyl sites for hydroxylation is 1. The molecule has 0 amide bonds. The molecular weight excluding hydrogens is 194 g/mol. The van der Waals surface area contributed by atoms with Gasteiger partial charge in [0, 0.05) is 24.2 Å². The standard InChI is InChI=1S/C10H17N3S/c1-9-8-12-10(14-9)11-4-7-13-5-2-3-6-13/h8H,2-7H2,1H3,(H,11,12). The maximum absolute atomic E-state index is 4.27. The summed E-state index contributed by atoms with van der Waals surface area (Å²) in [4.78, 5) is 8.05. The van der Waals surface area contributed by atoms with Crippen LogP contribution in [0.25, 0.3) is 0 Å². The van der Waals surface area contributed by atoms with Gasteiger partial charge in [-0.2, -0.15) is 0 Å². The predicted molar refractivity (Wildman–Crippen MR) is 61.0 cm³/mol. The number of hydrogen-bond acceptors (Lipinski definition) is 4. The van der Waals surface area contributed by atoms with Gasteiger partial charge in [-0.1, -0.05) is 0 Å². The van der Waals surface area contributed by atoms with Gasteiger partial charge in [0.25, 0.3) is 0 Å². The molecule has 1 aromatic heterocycles. The van der Waals surface area contributed by atoms with Crippen LogP contribution in [0.15, 0.2) is 6.20 Å². The molecule has 4 heteroatoms. The fourth-order valence-corrected chi connectivity index (χ4v) is 2.45. The molecule has 1 N–H and O–H groups in total. The van der Waals surface area contributed by atoms with E-state index in [1.807, 2.05) is 6.20 Å². The predicted octanol–water partition coefficient (Wildman–Crippen LogP) is 1.96. The average molecular weight is 211 g/mol. The van der Waals surface area contributed by atoms with Crippen LogP contribution in [0.4, 0.5) is 5.13 Å². The Bertz CT molecular complexity index is 279. The Hall–Kier alpha value is -0.610. The van der Waals surface area contributed by atoms with Crippen LogP contribution in [0, 0.1) is 6.92 Å². The van der Waals surface area contributed by atoms with Gasteiger partial charge in [0.1, 0.15) is 0 Å². The minimum atomic E-state index is 1.02. The summed E-state index contributed by atoms with van der Waals surface area (Å²) in [6.45, 7) is 6.81. The van der Waals surface area contributed by atoms with Gasteiger partial charge in [0.05, 0.1) is 0 Å². The third-order valence-corrected chi connectivity index (χ3v) is 3.39. The van der Waals surface area contributed by atoms with Crippen molar-refractivity contribution in [3.8, 4) is 0 Å². The van der Waals surface area contributed by atoms with E-state index in [2.05, 4.69) is 22.1 Å². The number of hydrogen-bond donors (Lipinski definition) is 1. The molecule has 0 spiro atoms. The fourth-order valence-electron chi connectivity index (χ4n) is 1.76. The highest BCUT2D eigenvalue weighted by Gasteiger charge is 2.10. The SMILES string of the molecule is Cc1cnc(NCCN2CCCC2)s1. The second-order valence-electron chi connectivity index (χ2n) is 3.75. The molecule has 78 valence electrons. The maximum Gasteiger partial charge on any atom is 0.182 e. The number of nitrogens with one attached hydrogen (secondary N) is 1. The smallest absolute Gasteiger partial charge is 0.182 e. The van der Waals surface area contributed by atoms with Crippen LogP contribution in [-0.4, -0.2) is 36.1 Å². The van der Waals surface area contributed by atoms with E-state index in [9.17, 15) is 0 Å². The first-order chi connectivity index (χ1) is 6.84. The van der Waals surface area contributed by atoms with Crippen molar-refractivity contribution in [1.82, 2.24) is 9.88 Å². The number of thiazole rings is 1. The zero-order valence-corrected chi connectivity index (χ0v) is 9.44. The highest BCUT2D eigenvalue weighted by Crippen LogP contribution is 2.16. The minimum Gasteiger partial charge on any atom is -0.360 e. The highest BCUT2D eigenvalue weighted by molar-refractivity contribution is 7.15. The molecule has 0 aromatic carbocycles. The lowest BCUT2D eigenvalue weighted by Crippen LogP contribution is -2.25. The van der Waals surface area contributed by atoms with Crippen LogP contribution in [0.1, 0.15) is 17.7 Å². The van der Waals surface area contributed by atoms with Crippen molar-refractivity contribution in [2.45, 2.75) is 19.8 Å². The van der Waals surface area contributed by atoms with Crippen LogP contribution >= 0.6 is 11.3 Å². The molecule has 1 aliphatic heterocycles. The van der Waals surface area contributed by atoms with E-state index in [0.29, 0.717) is 0 Å². The summed E-state index contributed by atoms with van der Waals surface area (Å²) < 4.78 is 0. The number of rotatable bonds is 4. The summed E-state index contributed by atoms with van der Waals surface area (Å²) >= 11 is 1.73. The minimum absolute atomic E-state index is 1.02. The molecule has 3 nitrogen and oxygen atoms in total. The Balaban J connectivity index is 1.67. The summed E-state index contributed by atoms with van der Waals surface area (Å²) in [6.07, 6.45) is 4.66. The van der Waals surface area contributed by atoms with E-state index in [1.54, 1.807) is 11.3 Å². The summed E-state index contributed by atoms with van der Waals surface area (Å²) in [5.41, 5.74) is 0. The maximum atomic E-state index is 4.27. The summed E-state index contributed by atoms with van der Waals surface area (Å²) in [5, 5.41) is 4.42. The van der Waals surface area contributed by atoms with Crippen LogP contribution in [0.5, 0.6) is 0 Å². The van der Waals surface area contributed by atoms with Gasteiger partial charge in [-0.25, -0.2) is 4.98 Å². The second kappa shape index (κ2) is 4.75. The van der Waals surface area contributed by atoms with Crippen LogP contribution in [-0.2, 0) is 0 Å². The van der Waals surface area contributed by atoms with E-state index < -0.39 is 0 Å². The van der Waals surface area contributed by atoms with Crippen molar-refractivity contribution < 1.29 is 0 Å². The molecule has 1 fully saturated rings. The molecule has 0 bridgehead atoms. The van der Waals surface area contributed by atoms with Crippen molar-refractivity contribution in [3.63, 3.8) is 0 Å². The van der Waals surface area contributed by atoms with Crippen molar-refractivity contribution in [1.29, 1.82) is 0 Å². The molecule has 0 saturated carbocycles. The largest absolute Gasteiger partial charge is 0.360 e. The Morgan fingerprint density at radius 2 is 2.29 bits per heavy atom. The van der Waals surface area contributed by atoms with Crippen LogP contribution in [0.3, 0.4) is 0 Å². The third kappa shape index (κ3) is 2.69. The summed E-state index contributed by atoms with van der Waals surface area (Å²) in [6, 6.07) is 0. The molecular formula is C10H17N3S. The quantitative estimate of drug-likeness (QED) is 0.825. The Kier molecular flexibility index (Phi) is 3.37. The van der Waals surface area contributed by atoms with Gasteiger partial charge in [-0.05, 0) is 32.9 Å². The number of nitrogens with zero attached hydrogens (tertiary/aromatic N) is 2. The number of likely N-dealkylation sites (tertiary alicyclic amines) is 1. The Morgan fingerprint density at radius 3 is 2.93 bits per heavy atom. The lowest BCUT2D eigenvalue weighted by Gasteiger charge is -2.13. The van der Waals surface area contributed by atoms with Gasteiger partial charge >= 0.3 is 0 Å². The monoisotopic (exact) mass is 211 g/mol. The zero-order valence-electron chi connectivity index (χ0n) is 8.62. The first-order valence-electron chi connectivity index (χ1n) is 5.23. The van der Waals surface area contributed by atoms with Crippen LogP contribution in [0.2, 0.25) is 0 Å². The molecule has 1 aliphatic rings. The van der Waals surface area contributed by atoms with Crippen molar-refractivity contribution >= 4 is 16.5 Å². The summed E-state index contributed by atoms with van der Waals surface area (Å²) in [7, 11) is 0. The molecule has 0 aliphatic carbocycles. The summed E-state index contributed by atoms with van der Waals surface area (Å²) in [5.74, 6) is 0. The van der Waals surface area contributed by atoms with Gasteiger partial charge in [0.15, 0.2) is 5.13 Å². The number of anilines is 1. The van der Waals surface area contributed by atoms with Crippen molar-refractivity contribution in [3.05, 3.63) is 11.1 Å². The highest BCUT2D eigenvalue weighted by atomic mass is 32.1. The van der Waals surface area contributed by atoms with E-state index in [4.69, 9.17) is 0 Å². The average Bonchev–Trinajstić information content (AvgIpc) is 2.77. The molecule has 2 heterocycles. The molecule has 2 rings (SSSR count). The topological polar surface area (TPSA) is 28.2 Å². The molecule has 14 heavy (non-hydrogen) atoms. The molecule has 1 saturated heterocycles. The lowest BCUT2D eigenvalue weighted by atomic mass is 10.4. The van der Waals surface area contributed by atoms with E-state index in [-0.39, 0.29) is 0 Å². The Labute approximate surface area is 89.1 Å². The lowest BCUT2D eigenvalue weighted by molar-refractivity contribution is 0.352. The van der Waals surface area contributed by atoms with E-state index in [1.165, 1.54) is 30.8 Å². The van der Waals surface area contributed by atoms with E-state index in [0.717, 1.165) is 18.2 Å². The molecule has 0 atom stereocenters.